The third-order valence-corrected chi connectivity index (χ3v) is 3.40. The second-order valence-corrected chi connectivity index (χ2v) is 4.57. The molecule has 1 saturated heterocycles. The average Bonchev–Trinajstić information content (AvgIpc) is 3.10. The molecule has 5 nitrogen and oxygen atoms in total. The van der Waals surface area contributed by atoms with Gasteiger partial charge in [0.1, 0.15) is 0 Å². The molecule has 18 heavy (non-hydrogen) atoms. The zero-order valence-corrected chi connectivity index (χ0v) is 10.0. The Morgan fingerprint density at radius 3 is 2.94 bits per heavy atom. The zero-order chi connectivity index (χ0) is 12.4. The van der Waals surface area contributed by atoms with Gasteiger partial charge in [0, 0.05) is 31.0 Å². The van der Waals surface area contributed by atoms with Crippen LogP contribution in [0.3, 0.4) is 0 Å². The minimum Gasteiger partial charge on any atom is -0.473 e. The summed E-state index contributed by atoms with van der Waals surface area (Å²) in [5.74, 6) is 0.0649. The van der Waals surface area contributed by atoms with Gasteiger partial charge < -0.3 is 9.64 Å². The molecule has 0 N–H and O–H groups in total. The monoisotopic (exact) mass is 245 g/mol. The minimum absolute atomic E-state index is 0.0649. The van der Waals surface area contributed by atoms with Gasteiger partial charge in [-0.2, -0.15) is 0 Å². The van der Waals surface area contributed by atoms with E-state index in [2.05, 4.69) is 9.98 Å². The molecule has 94 valence electrons. The number of likely N-dealkylation sites (tertiary alicyclic amines) is 1. The molecule has 5 heteroatoms. The van der Waals surface area contributed by atoms with E-state index in [0.29, 0.717) is 0 Å². The minimum atomic E-state index is -0.452. The van der Waals surface area contributed by atoms with E-state index in [1.165, 1.54) is 6.40 Å². The molecule has 1 amide bonds. The summed E-state index contributed by atoms with van der Waals surface area (Å²) < 4.78 is 5.45. The molecule has 1 aromatic heterocycles. The number of hydrogen-bond acceptors (Lipinski definition) is 4. The van der Waals surface area contributed by atoms with Crippen LogP contribution >= 0.6 is 0 Å². The van der Waals surface area contributed by atoms with Crippen LogP contribution in [0.4, 0.5) is 0 Å². The van der Waals surface area contributed by atoms with Crippen molar-refractivity contribution >= 4 is 12.3 Å². The Labute approximate surface area is 105 Å². The second kappa shape index (κ2) is 4.76. The van der Waals surface area contributed by atoms with E-state index in [1.54, 1.807) is 12.4 Å². The molecule has 0 aromatic carbocycles. The van der Waals surface area contributed by atoms with Crippen molar-refractivity contribution in [1.82, 2.24) is 9.88 Å². The first-order valence-electron chi connectivity index (χ1n) is 6.22. The average molecular weight is 245 g/mol. The quantitative estimate of drug-likeness (QED) is 0.786. The van der Waals surface area contributed by atoms with Gasteiger partial charge in [0.2, 0.25) is 0 Å². The number of aromatic nitrogens is 1. The molecule has 3 rings (SSSR count). The summed E-state index contributed by atoms with van der Waals surface area (Å²) >= 11 is 0. The third-order valence-electron chi connectivity index (χ3n) is 3.40. The number of aliphatic imine (C=N–C) groups is 1. The molecule has 3 heterocycles. The number of ether oxygens (including phenoxy) is 1. The predicted octanol–water partition coefficient (Wildman–Crippen LogP) is 1.17. The molecule has 0 bridgehead atoms. The Morgan fingerprint density at radius 1 is 1.39 bits per heavy atom. The maximum atomic E-state index is 12.3. The molecular formula is C13H15N3O2. The summed E-state index contributed by atoms with van der Waals surface area (Å²) in [6, 6.07) is 3.30. The maximum Gasteiger partial charge on any atom is 0.251 e. The topological polar surface area (TPSA) is 54.8 Å². The highest BCUT2D eigenvalue weighted by Gasteiger charge is 2.37. The first kappa shape index (κ1) is 11.2. The lowest BCUT2D eigenvalue weighted by molar-refractivity contribution is -0.133. The number of carbonyl (C=O) groups is 1. The van der Waals surface area contributed by atoms with E-state index in [-0.39, 0.29) is 12.0 Å². The summed E-state index contributed by atoms with van der Waals surface area (Å²) in [4.78, 5) is 22.5. The summed E-state index contributed by atoms with van der Waals surface area (Å²) in [5.41, 5.74) is 0.896. The molecule has 0 radical (unpaired) electrons. The maximum absolute atomic E-state index is 12.3. The number of amides is 1. The first-order valence-corrected chi connectivity index (χ1v) is 6.22. The van der Waals surface area contributed by atoms with E-state index in [9.17, 15) is 4.79 Å². The highest BCUT2D eigenvalue weighted by atomic mass is 16.5. The van der Waals surface area contributed by atoms with E-state index < -0.39 is 6.04 Å². The normalized spacial score (nSPS) is 26.3. The molecular weight excluding hydrogens is 230 g/mol. The summed E-state index contributed by atoms with van der Waals surface area (Å²) in [6.45, 7) is 1.68. The predicted molar refractivity (Wildman–Crippen MR) is 66.2 cm³/mol. The van der Waals surface area contributed by atoms with Crippen molar-refractivity contribution in [1.29, 1.82) is 0 Å². The van der Waals surface area contributed by atoms with Gasteiger partial charge in [-0.25, -0.2) is 4.99 Å². The highest BCUT2D eigenvalue weighted by Crippen LogP contribution is 2.28. The van der Waals surface area contributed by atoms with Crippen molar-refractivity contribution in [3.8, 4) is 0 Å². The molecule has 2 aliphatic rings. The van der Waals surface area contributed by atoms with Gasteiger partial charge in [0.25, 0.3) is 5.91 Å². The SMILES string of the molecule is O=C([C@@H]1N=CO[C@H]1c1cccnc1)N1CCCC1. The number of nitrogens with zero attached hydrogens (tertiary/aromatic N) is 3. The van der Waals surface area contributed by atoms with E-state index >= 15 is 0 Å². The molecule has 1 fully saturated rings. The number of rotatable bonds is 2. The van der Waals surface area contributed by atoms with Crippen LogP contribution in [0, 0.1) is 0 Å². The fraction of sp³-hybridized carbons (Fsp3) is 0.462. The second-order valence-electron chi connectivity index (χ2n) is 4.57. The standard InChI is InChI=1S/C13H15N3O2/c17-13(16-6-1-2-7-16)11-12(18-9-15-11)10-4-3-5-14-8-10/h3-5,8-9,11-12H,1-2,6-7H2/t11-,12+/m1/s1. The molecule has 0 aliphatic carbocycles. The van der Waals surface area contributed by atoms with Gasteiger partial charge in [-0.3, -0.25) is 9.78 Å². The van der Waals surface area contributed by atoms with Gasteiger partial charge in [-0.15, -0.1) is 0 Å². The van der Waals surface area contributed by atoms with Crippen molar-refractivity contribution in [3.05, 3.63) is 30.1 Å². The van der Waals surface area contributed by atoms with Crippen molar-refractivity contribution in [3.63, 3.8) is 0 Å². The van der Waals surface area contributed by atoms with Crippen LogP contribution < -0.4 is 0 Å². The van der Waals surface area contributed by atoms with Crippen molar-refractivity contribution < 1.29 is 9.53 Å². The smallest absolute Gasteiger partial charge is 0.251 e. The van der Waals surface area contributed by atoms with Crippen LogP contribution in [0.1, 0.15) is 24.5 Å². The lowest BCUT2D eigenvalue weighted by atomic mass is 10.0. The van der Waals surface area contributed by atoms with Crippen molar-refractivity contribution in [2.75, 3.05) is 13.1 Å². The molecule has 0 spiro atoms. The van der Waals surface area contributed by atoms with Crippen LogP contribution in [-0.4, -0.2) is 41.3 Å². The van der Waals surface area contributed by atoms with Gasteiger partial charge >= 0.3 is 0 Å². The van der Waals surface area contributed by atoms with E-state index in [1.807, 2.05) is 17.0 Å². The summed E-state index contributed by atoms with van der Waals surface area (Å²) in [7, 11) is 0. The number of carbonyl (C=O) groups excluding carboxylic acids is 1. The van der Waals surface area contributed by atoms with Crippen LogP contribution in [0.2, 0.25) is 0 Å². The zero-order valence-electron chi connectivity index (χ0n) is 10.0. The van der Waals surface area contributed by atoms with Crippen LogP contribution in [0.25, 0.3) is 0 Å². The van der Waals surface area contributed by atoms with Crippen molar-refractivity contribution in [2.24, 2.45) is 4.99 Å². The Hall–Kier alpha value is -1.91. The largest absolute Gasteiger partial charge is 0.473 e. The number of pyridine rings is 1. The molecule has 2 atom stereocenters. The van der Waals surface area contributed by atoms with E-state index in [4.69, 9.17) is 4.74 Å². The Morgan fingerprint density at radius 2 is 2.22 bits per heavy atom. The Kier molecular flexibility index (Phi) is 2.96. The number of hydrogen-bond donors (Lipinski definition) is 0. The summed E-state index contributed by atoms with van der Waals surface area (Å²) in [5, 5.41) is 0. The molecule has 2 aliphatic heterocycles. The lowest BCUT2D eigenvalue weighted by Crippen LogP contribution is -2.38. The fourth-order valence-electron chi connectivity index (χ4n) is 2.44. The third kappa shape index (κ3) is 1.96. The van der Waals surface area contributed by atoms with E-state index in [0.717, 1.165) is 31.5 Å². The molecule has 0 unspecified atom stereocenters. The molecule has 0 saturated carbocycles. The Bertz CT molecular complexity index is 455. The van der Waals surface area contributed by atoms with Crippen LogP contribution in [0.15, 0.2) is 29.5 Å². The van der Waals surface area contributed by atoms with Gasteiger partial charge in [0.15, 0.2) is 18.5 Å². The van der Waals surface area contributed by atoms with Gasteiger partial charge in [-0.05, 0) is 18.9 Å². The lowest BCUT2D eigenvalue weighted by Gasteiger charge is -2.22. The molecule has 1 aromatic rings. The van der Waals surface area contributed by atoms with Gasteiger partial charge in [-0.1, -0.05) is 6.07 Å². The van der Waals surface area contributed by atoms with Gasteiger partial charge in [0.05, 0.1) is 0 Å². The van der Waals surface area contributed by atoms with Crippen LogP contribution in [-0.2, 0) is 9.53 Å². The highest BCUT2D eigenvalue weighted by molar-refractivity contribution is 5.85. The van der Waals surface area contributed by atoms with Crippen molar-refractivity contribution in [2.45, 2.75) is 25.0 Å². The fourth-order valence-corrected chi connectivity index (χ4v) is 2.44. The Balaban J connectivity index is 1.78. The van der Waals surface area contributed by atoms with Crippen LogP contribution in [0.5, 0.6) is 0 Å². The summed E-state index contributed by atoms with van der Waals surface area (Å²) in [6.07, 6.45) is 6.66. The first-order chi connectivity index (χ1) is 8.86.